The third kappa shape index (κ3) is 2.83. The van der Waals surface area contributed by atoms with Crippen LogP contribution in [0.1, 0.15) is 20.8 Å². The van der Waals surface area contributed by atoms with Gasteiger partial charge in [-0.15, -0.1) is 11.3 Å². The van der Waals surface area contributed by atoms with E-state index in [-0.39, 0.29) is 5.56 Å². The number of hydrogen-bond donors (Lipinski definition) is 2. The second kappa shape index (κ2) is 5.42. The van der Waals surface area contributed by atoms with E-state index >= 15 is 0 Å². The lowest BCUT2D eigenvalue weighted by molar-refractivity contribution is 0.0698. The molecule has 0 saturated heterocycles. The van der Waals surface area contributed by atoms with E-state index in [9.17, 15) is 4.79 Å². The summed E-state index contributed by atoms with van der Waals surface area (Å²) in [5.74, 6) is -0.926. The van der Waals surface area contributed by atoms with Gasteiger partial charge in [-0.1, -0.05) is 23.7 Å². The Bertz CT molecular complexity index is 580. The molecule has 1 aromatic carbocycles. The van der Waals surface area contributed by atoms with Crippen molar-refractivity contribution in [3.8, 4) is 0 Å². The van der Waals surface area contributed by atoms with Crippen LogP contribution in [0.2, 0.25) is 4.34 Å². The maximum atomic E-state index is 11.1. The number of anilines is 1. The van der Waals surface area contributed by atoms with Gasteiger partial charge in [-0.3, -0.25) is 0 Å². The molecule has 0 radical (unpaired) electrons. The first-order valence-electron chi connectivity index (χ1n) is 5.39. The lowest BCUT2D eigenvalue weighted by atomic mass is 10.1. The fraction of sp³-hybridized carbons (Fsp3) is 0.154. The number of aromatic carboxylic acids is 1. The molecule has 0 aliphatic heterocycles. The molecular weight excluding hydrogens is 270 g/mol. The van der Waals surface area contributed by atoms with Gasteiger partial charge >= 0.3 is 5.97 Å². The van der Waals surface area contributed by atoms with E-state index in [4.69, 9.17) is 16.7 Å². The number of carboxylic acid groups (broad SMARTS) is 1. The summed E-state index contributed by atoms with van der Waals surface area (Å²) in [6.07, 6.45) is 0. The van der Waals surface area contributed by atoms with Crippen molar-refractivity contribution in [2.24, 2.45) is 0 Å². The number of aryl methyl sites for hydroxylation is 1. The molecule has 0 aliphatic rings. The predicted octanol–water partition coefficient (Wildman–Crippen LogP) is 4.02. The van der Waals surface area contributed by atoms with Gasteiger partial charge in [-0.05, 0) is 30.7 Å². The van der Waals surface area contributed by atoms with Crippen LogP contribution in [0, 0.1) is 6.92 Å². The number of nitrogens with one attached hydrogen (secondary N) is 1. The van der Waals surface area contributed by atoms with Crippen molar-refractivity contribution in [2.75, 3.05) is 5.32 Å². The predicted molar refractivity (Wildman–Crippen MR) is 74.8 cm³/mol. The van der Waals surface area contributed by atoms with Crippen molar-refractivity contribution >= 4 is 34.6 Å². The van der Waals surface area contributed by atoms with Crippen molar-refractivity contribution in [1.29, 1.82) is 0 Å². The van der Waals surface area contributed by atoms with E-state index in [0.717, 1.165) is 14.8 Å². The number of para-hydroxylation sites is 1. The second-order valence-electron chi connectivity index (χ2n) is 3.86. The molecule has 18 heavy (non-hydrogen) atoms. The molecule has 94 valence electrons. The Labute approximate surface area is 114 Å². The molecule has 2 aromatic rings. The first kappa shape index (κ1) is 12.9. The molecule has 0 fully saturated rings. The van der Waals surface area contributed by atoms with E-state index in [1.54, 1.807) is 12.1 Å². The van der Waals surface area contributed by atoms with Crippen LogP contribution in [0.3, 0.4) is 0 Å². The molecular formula is C13H12ClNO2S. The van der Waals surface area contributed by atoms with Crippen molar-refractivity contribution in [3.05, 3.63) is 50.7 Å². The Morgan fingerprint density at radius 3 is 2.78 bits per heavy atom. The van der Waals surface area contributed by atoms with Crippen molar-refractivity contribution in [3.63, 3.8) is 0 Å². The van der Waals surface area contributed by atoms with Gasteiger partial charge in [0.25, 0.3) is 0 Å². The van der Waals surface area contributed by atoms with Crippen LogP contribution in [0.15, 0.2) is 30.3 Å². The summed E-state index contributed by atoms with van der Waals surface area (Å²) >= 11 is 7.33. The van der Waals surface area contributed by atoms with Gasteiger partial charge in [0.1, 0.15) is 0 Å². The molecule has 2 N–H and O–H groups in total. The topological polar surface area (TPSA) is 49.3 Å². The van der Waals surface area contributed by atoms with Gasteiger partial charge in [0.05, 0.1) is 15.6 Å². The summed E-state index contributed by atoms with van der Waals surface area (Å²) in [6.45, 7) is 2.46. The first-order chi connectivity index (χ1) is 8.58. The van der Waals surface area contributed by atoms with E-state index in [0.29, 0.717) is 12.2 Å². The van der Waals surface area contributed by atoms with Crippen LogP contribution in [0.5, 0.6) is 0 Å². The van der Waals surface area contributed by atoms with Gasteiger partial charge in [-0.2, -0.15) is 0 Å². The zero-order valence-electron chi connectivity index (χ0n) is 9.74. The molecule has 0 bridgehead atoms. The van der Waals surface area contributed by atoms with Gasteiger partial charge in [0.15, 0.2) is 0 Å². The number of carbonyl (C=O) groups is 1. The summed E-state index contributed by atoms with van der Waals surface area (Å²) in [5, 5.41) is 12.3. The van der Waals surface area contributed by atoms with Crippen LogP contribution in [0.4, 0.5) is 5.69 Å². The quantitative estimate of drug-likeness (QED) is 0.890. The number of thiophene rings is 1. The molecule has 0 aliphatic carbocycles. The minimum Gasteiger partial charge on any atom is -0.478 e. The molecule has 0 atom stereocenters. The molecule has 1 heterocycles. The fourth-order valence-corrected chi connectivity index (χ4v) is 2.73. The molecule has 5 heteroatoms. The average Bonchev–Trinajstić information content (AvgIpc) is 2.73. The Kier molecular flexibility index (Phi) is 3.89. The van der Waals surface area contributed by atoms with Crippen molar-refractivity contribution in [1.82, 2.24) is 0 Å². The van der Waals surface area contributed by atoms with Crippen LogP contribution in [-0.2, 0) is 6.54 Å². The zero-order valence-corrected chi connectivity index (χ0v) is 11.3. The number of carboxylic acids is 1. The van der Waals surface area contributed by atoms with E-state index in [2.05, 4.69) is 5.32 Å². The molecule has 0 saturated carbocycles. The minimum atomic E-state index is -0.926. The summed E-state index contributed by atoms with van der Waals surface area (Å²) in [7, 11) is 0. The number of benzene rings is 1. The minimum absolute atomic E-state index is 0.289. The summed E-state index contributed by atoms with van der Waals surface area (Å²) < 4.78 is 0.732. The van der Waals surface area contributed by atoms with Crippen molar-refractivity contribution in [2.45, 2.75) is 13.5 Å². The number of hydrogen-bond acceptors (Lipinski definition) is 3. The SMILES string of the molecule is Cc1cccc(C(=O)O)c1NCc1ccc(Cl)s1. The lowest BCUT2D eigenvalue weighted by Crippen LogP contribution is -2.07. The highest BCUT2D eigenvalue weighted by molar-refractivity contribution is 7.16. The maximum absolute atomic E-state index is 11.1. The van der Waals surface area contributed by atoms with Crippen LogP contribution < -0.4 is 5.32 Å². The third-order valence-electron chi connectivity index (χ3n) is 2.57. The Hall–Kier alpha value is -1.52. The summed E-state index contributed by atoms with van der Waals surface area (Å²) in [4.78, 5) is 12.2. The summed E-state index contributed by atoms with van der Waals surface area (Å²) in [5.41, 5.74) is 1.87. The Balaban J connectivity index is 2.20. The first-order valence-corrected chi connectivity index (χ1v) is 6.58. The van der Waals surface area contributed by atoms with Gasteiger partial charge in [0, 0.05) is 11.4 Å². The van der Waals surface area contributed by atoms with E-state index in [1.807, 2.05) is 25.1 Å². The molecule has 3 nitrogen and oxygen atoms in total. The average molecular weight is 282 g/mol. The van der Waals surface area contributed by atoms with E-state index < -0.39 is 5.97 Å². The van der Waals surface area contributed by atoms with Gasteiger partial charge < -0.3 is 10.4 Å². The van der Waals surface area contributed by atoms with E-state index in [1.165, 1.54) is 11.3 Å². The smallest absolute Gasteiger partial charge is 0.337 e. The molecule has 1 aromatic heterocycles. The molecule has 0 unspecified atom stereocenters. The highest BCUT2D eigenvalue weighted by Gasteiger charge is 2.11. The fourth-order valence-electron chi connectivity index (χ4n) is 1.70. The standard InChI is InChI=1S/C13H12ClNO2S/c1-8-3-2-4-10(13(16)17)12(8)15-7-9-5-6-11(14)18-9/h2-6,15H,7H2,1H3,(H,16,17). The second-order valence-corrected chi connectivity index (χ2v) is 5.66. The monoisotopic (exact) mass is 281 g/mol. The molecule has 0 spiro atoms. The van der Waals surface area contributed by atoms with Crippen LogP contribution in [-0.4, -0.2) is 11.1 Å². The summed E-state index contributed by atoms with van der Waals surface area (Å²) in [6, 6.07) is 8.99. The van der Waals surface area contributed by atoms with Crippen LogP contribution in [0.25, 0.3) is 0 Å². The Morgan fingerprint density at radius 1 is 1.39 bits per heavy atom. The van der Waals surface area contributed by atoms with Crippen molar-refractivity contribution < 1.29 is 9.90 Å². The van der Waals surface area contributed by atoms with Gasteiger partial charge in [0.2, 0.25) is 0 Å². The molecule has 0 amide bonds. The largest absolute Gasteiger partial charge is 0.478 e. The highest BCUT2D eigenvalue weighted by Crippen LogP contribution is 2.25. The normalized spacial score (nSPS) is 10.3. The third-order valence-corrected chi connectivity index (χ3v) is 3.80. The molecule has 2 rings (SSSR count). The maximum Gasteiger partial charge on any atom is 0.337 e. The van der Waals surface area contributed by atoms with Crippen LogP contribution >= 0.6 is 22.9 Å². The number of rotatable bonds is 4. The lowest BCUT2D eigenvalue weighted by Gasteiger charge is -2.11. The number of halogens is 1. The van der Waals surface area contributed by atoms with Gasteiger partial charge in [-0.25, -0.2) is 4.79 Å². The highest BCUT2D eigenvalue weighted by atomic mass is 35.5. The zero-order chi connectivity index (χ0) is 13.1. The Morgan fingerprint density at radius 2 is 2.17 bits per heavy atom.